The van der Waals surface area contributed by atoms with Gasteiger partial charge in [0.25, 0.3) is 5.91 Å². The maximum absolute atomic E-state index is 14.9. The molecule has 1 saturated heterocycles. The van der Waals surface area contributed by atoms with E-state index in [1.54, 1.807) is 13.2 Å². The first-order valence-electron chi connectivity index (χ1n) is 12.3. The summed E-state index contributed by atoms with van der Waals surface area (Å²) in [4.78, 5) is 38.4. The molecule has 5 rings (SSSR count). The van der Waals surface area contributed by atoms with Gasteiger partial charge < -0.3 is 34.9 Å². The third-order valence-corrected chi connectivity index (χ3v) is 8.75. The maximum atomic E-state index is 14.9. The van der Waals surface area contributed by atoms with Gasteiger partial charge in [0.15, 0.2) is 17.7 Å². The first kappa shape index (κ1) is 27.9. The number of amides is 1. The van der Waals surface area contributed by atoms with Gasteiger partial charge in [-0.1, -0.05) is 0 Å². The minimum absolute atomic E-state index is 0.0189. The molecule has 3 aromatic heterocycles. The molecular formula is C23H29FN7O6PS. The van der Waals surface area contributed by atoms with Crippen LogP contribution in [0.4, 0.5) is 10.2 Å². The number of aromatic nitrogens is 5. The van der Waals surface area contributed by atoms with Gasteiger partial charge in [0.2, 0.25) is 0 Å². The molecule has 4 heterocycles. The molecule has 5 N–H and O–H groups in total. The second kappa shape index (κ2) is 11.5. The molecule has 1 unspecified atom stereocenters. The highest BCUT2D eigenvalue weighted by atomic mass is 32.5. The molecule has 16 heteroatoms. The molecule has 1 amide bonds. The number of pyridine rings is 1. The fraction of sp³-hybridized carbons (Fsp3) is 0.522. The van der Waals surface area contributed by atoms with Crippen LogP contribution in [-0.2, 0) is 30.3 Å². The lowest BCUT2D eigenvalue weighted by molar-refractivity contribution is -0.0356. The van der Waals surface area contributed by atoms with Gasteiger partial charge in [0.05, 0.1) is 25.6 Å². The minimum Gasteiger partial charge on any atom is -0.384 e. The lowest BCUT2D eigenvalue weighted by atomic mass is 9.63. The van der Waals surface area contributed by atoms with Crippen molar-refractivity contribution in [3.8, 4) is 0 Å². The van der Waals surface area contributed by atoms with Gasteiger partial charge in [-0.3, -0.25) is 14.3 Å². The van der Waals surface area contributed by atoms with Crippen molar-refractivity contribution >= 4 is 41.4 Å². The van der Waals surface area contributed by atoms with Crippen LogP contribution < -0.4 is 11.5 Å². The molecule has 1 aliphatic heterocycles. The number of imidazole rings is 1. The topological polar surface area (TPSA) is 183 Å². The normalized spacial score (nSPS) is 28.3. The summed E-state index contributed by atoms with van der Waals surface area (Å²) in [7, 11) is 1.61. The smallest absolute Gasteiger partial charge is 0.324 e. The lowest BCUT2D eigenvalue weighted by Crippen LogP contribution is -2.40. The predicted octanol–water partition coefficient (Wildman–Crippen LogP) is 1.84. The van der Waals surface area contributed by atoms with Crippen molar-refractivity contribution in [1.29, 1.82) is 0 Å². The number of fused-ring (bicyclic) bond motifs is 1. The zero-order valence-electron chi connectivity index (χ0n) is 21.0. The van der Waals surface area contributed by atoms with E-state index in [-0.39, 0.29) is 48.9 Å². The second-order valence-corrected chi connectivity index (χ2v) is 12.4. The molecule has 1 saturated carbocycles. The van der Waals surface area contributed by atoms with Crippen molar-refractivity contribution < 1.29 is 32.6 Å². The van der Waals surface area contributed by atoms with Crippen molar-refractivity contribution in [1.82, 2.24) is 24.5 Å². The molecule has 2 aliphatic rings. The summed E-state index contributed by atoms with van der Waals surface area (Å²) in [5.74, 6) is -0.270. The predicted molar refractivity (Wildman–Crippen MR) is 141 cm³/mol. The Balaban J connectivity index is 1.18. The second-order valence-electron chi connectivity index (χ2n) is 9.60. The molecule has 2 fully saturated rings. The van der Waals surface area contributed by atoms with E-state index in [4.69, 9.17) is 41.8 Å². The van der Waals surface area contributed by atoms with E-state index in [0.29, 0.717) is 17.8 Å². The Morgan fingerprint density at radius 3 is 2.82 bits per heavy atom. The number of nitrogen functional groups attached to an aromatic ring is 1. The summed E-state index contributed by atoms with van der Waals surface area (Å²) in [5.41, 5.74) is 13.0. The summed E-state index contributed by atoms with van der Waals surface area (Å²) in [5, 5.41) is 0. The van der Waals surface area contributed by atoms with Crippen LogP contribution in [-0.4, -0.2) is 74.5 Å². The summed E-state index contributed by atoms with van der Waals surface area (Å²) < 4.78 is 38.8. The van der Waals surface area contributed by atoms with Gasteiger partial charge in [0.1, 0.15) is 23.7 Å². The number of ether oxygens (including phenoxy) is 2. The van der Waals surface area contributed by atoms with Crippen LogP contribution in [0.15, 0.2) is 31.0 Å². The van der Waals surface area contributed by atoms with E-state index in [2.05, 4.69) is 19.9 Å². The van der Waals surface area contributed by atoms with Crippen molar-refractivity contribution in [2.45, 2.75) is 37.3 Å². The summed E-state index contributed by atoms with van der Waals surface area (Å²) in [6.45, 7) is -3.21. The zero-order chi connectivity index (χ0) is 27.7. The number of hydrogen-bond donors (Lipinski definition) is 3. The van der Waals surface area contributed by atoms with E-state index in [0.717, 1.165) is 12.0 Å². The highest BCUT2D eigenvalue weighted by Gasteiger charge is 2.43. The molecule has 0 aromatic carbocycles. The van der Waals surface area contributed by atoms with Gasteiger partial charge in [-0.05, 0) is 53.7 Å². The molecule has 0 spiro atoms. The Kier molecular flexibility index (Phi) is 8.19. The SMILES string of the molecule is COC[C@H]1C[C@@H](c2ccnc(C(N)=O)c2)[C@@H]1COP(O)(=S)OC[C@@H]1C[C@H](F)[C@H](n2cnc3c(N)ncnc32)O1. The quantitative estimate of drug-likeness (QED) is 0.280. The average molecular weight is 582 g/mol. The fourth-order valence-electron chi connectivity index (χ4n) is 5.17. The maximum Gasteiger partial charge on any atom is 0.324 e. The van der Waals surface area contributed by atoms with E-state index in [9.17, 15) is 14.1 Å². The Morgan fingerprint density at radius 2 is 2.05 bits per heavy atom. The highest BCUT2D eigenvalue weighted by Crippen LogP contribution is 2.52. The van der Waals surface area contributed by atoms with Crippen LogP contribution in [0.25, 0.3) is 11.2 Å². The first-order chi connectivity index (χ1) is 18.7. The van der Waals surface area contributed by atoms with E-state index in [1.807, 2.05) is 6.07 Å². The number of nitrogens with zero attached hydrogens (tertiary/aromatic N) is 5. The van der Waals surface area contributed by atoms with Crippen LogP contribution in [0.5, 0.6) is 0 Å². The van der Waals surface area contributed by atoms with Crippen LogP contribution in [0, 0.1) is 11.8 Å². The Hall–Kier alpha value is -2.65. The number of methoxy groups -OCH3 is 1. The fourth-order valence-corrected chi connectivity index (χ4v) is 6.32. The molecule has 0 bridgehead atoms. The van der Waals surface area contributed by atoms with Gasteiger partial charge in [-0.2, -0.15) is 0 Å². The molecular weight excluding hydrogens is 552 g/mol. The minimum atomic E-state index is -3.66. The van der Waals surface area contributed by atoms with E-state index in [1.165, 1.54) is 23.4 Å². The third kappa shape index (κ3) is 5.94. The number of carbonyl (C=O) groups is 1. The largest absolute Gasteiger partial charge is 0.384 e. The van der Waals surface area contributed by atoms with Gasteiger partial charge in [0, 0.05) is 26.3 Å². The Bertz CT molecular complexity index is 1400. The molecule has 1 aliphatic carbocycles. The number of rotatable bonds is 11. The summed E-state index contributed by atoms with van der Waals surface area (Å²) in [6.07, 6.45) is 1.98. The Morgan fingerprint density at radius 1 is 1.26 bits per heavy atom. The first-order valence-corrected chi connectivity index (χ1v) is 14.8. The number of nitrogens with two attached hydrogens (primary N) is 2. The monoisotopic (exact) mass is 581 g/mol. The van der Waals surface area contributed by atoms with Crippen molar-refractivity contribution in [2.75, 3.05) is 32.7 Å². The number of hydrogen-bond acceptors (Lipinski definition) is 11. The zero-order valence-corrected chi connectivity index (χ0v) is 22.7. The molecule has 3 aromatic rings. The molecule has 39 heavy (non-hydrogen) atoms. The number of anilines is 1. The summed E-state index contributed by atoms with van der Waals surface area (Å²) in [6, 6.07) is 3.49. The van der Waals surface area contributed by atoms with E-state index < -0.39 is 31.1 Å². The number of halogens is 1. The molecule has 7 atom stereocenters. The van der Waals surface area contributed by atoms with Crippen molar-refractivity contribution in [3.05, 3.63) is 42.2 Å². The Labute approximate surface area is 228 Å². The molecule has 13 nitrogen and oxygen atoms in total. The van der Waals surface area contributed by atoms with Crippen LogP contribution >= 0.6 is 6.72 Å². The van der Waals surface area contributed by atoms with Crippen LogP contribution in [0.2, 0.25) is 0 Å². The van der Waals surface area contributed by atoms with Crippen molar-refractivity contribution in [2.24, 2.45) is 17.6 Å². The lowest BCUT2D eigenvalue weighted by Gasteiger charge is -2.45. The number of alkyl halides is 1. The van der Waals surface area contributed by atoms with Crippen LogP contribution in [0.3, 0.4) is 0 Å². The van der Waals surface area contributed by atoms with Crippen molar-refractivity contribution in [3.63, 3.8) is 0 Å². The van der Waals surface area contributed by atoms with Gasteiger partial charge in [-0.25, -0.2) is 19.3 Å². The van der Waals surface area contributed by atoms with Gasteiger partial charge >= 0.3 is 6.72 Å². The van der Waals surface area contributed by atoms with Gasteiger partial charge in [-0.15, -0.1) is 0 Å². The molecule has 210 valence electrons. The number of carbonyl (C=O) groups excluding carboxylic acids is 1. The highest BCUT2D eigenvalue weighted by molar-refractivity contribution is 8.07. The summed E-state index contributed by atoms with van der Waals surface area (Å²) >= 11 is 5.22. The van der Waals surface area contributed by atoms with Crippen LogP contribution in [0.1, 0.15) is 41.0 Å². The number of primary amides is 1. The standard InChI is InChI=1S/C23H29FN7O6PS/c1-34-7-13-4-15(12-2-3-27-18(5-12)21(26)32)16(13)9-36-38(33,39)35-8-14-6-17(24)23(37-14)31-11-30-19-20(25)28-10-29-22(19)31/h2-3,5,10-11,13-17,23H,4,6-9H2,1H3,(H2,26,32)(H,33,39)(H2,25,28,29)/t13-,14+,15+,16-,17+,23-,38?/m1/s1. The molecule has 0 radical (unpaired) electrons. The van der Waals surface area contributed by atoms with E-state index >= 15 is 0 Å². The average Bonchev–Trinajstić information content (AvgIpc) is 3.49. The third-order valence-electron chi connectivity index (χ3n) is 7.17.